The van der Waals surface area contributed by atoms with Crippen molar-refractivity contribution >= 4 is 28.7 Å². The van der Waals surface area contributed by atoms with Crippen molar-refractivity contribution in [2.24, 2.45) is 5.10 Å². The molecule has 0 fully saturated rings. The zero-order valence-electron chi connectivity index (χ0n) is 20.1. The van der Waals surface area contributed by atoms with Crippen LogP contribution in [0, 0.1) is 44.2 Å². The number of amides is 1. The van der Waals surface area contributed by atoms with Crippen LogP contribution in [-0.2, 0) is 4.79 Å². The lowest BCUT2D eigenvalue weighted by Gasteiger charge is -2.12. The van der Waals surface area contributed by atoms with Crippen LogP contribution in [-0.4, -0.2) is 36.2 Å². The number of hydrogen-bond acceptors (Lipinski definition) is 10. The van der Waals surface area contributed by atoms with Crippen molar-refractivity contribution in [3.63, 3.8) is 0 Å². The molecule has 37 heavy (non-hydrogen) atoms. The molecule has 192 valence electrons. The van der Waals surface area contributed by atoms with E-state index in [1.54, 1.807) is 19.1 Å². The number of aryl methyl sites for hydroxylation is 1. The lowest BCUT2D eigenvalue weighted by Crippen LogP contribution is -2.29. The van der Waals surface area contributed by atoms with Crippen molar-refractivity contribution in [2.45, 2.75) is 33.7 Å². The van der Waals surface area contributed by atoms with Crippen molar-refractivity contribution in [3.05, 3.63) is 89.8 Å². The molecule has 1 N–H and O–H groups in total. The molecule has 3 rings (SSSR count). The average molecular weight is 511 g/mol. The Labute approximate surface area is 208 Å². The van der Waals surface area contributed by atoms with Crippen LogP contribution in [0.15, 0.2) is 47.6 Å². The van der Waals surface area contributed by atoms with Gasteiger partial charge in [-0.25, -0.2) is 5.43 Å². The predicted octanol–water partition coefficient (Wildman–Crippen LogP) is 4.12. The highest BCUT2D eigenvalue weighted by Gasteiger charge is 2.27. The summed E-state index contributed by atoms with van der Waals surface area (Å²) in [6, 6.07) is 8.42. The Balaban J connectivity index is 1.71. The van der Waals surface area contributed by atoms with Crippen LogP contribution in [0.25, 0.3) is 0 Å². The summed E-state index contributed by atoms with van der Waals surface area (Å²) in [6.45, 7) is 6.16. The first-order valence-corrected chi connectivity index (χ1v) is 10.7. The molecule has 1 aromatic heterocycles. The quantitative estimate of drug-likeness (QED) is 0.249. The van der Waals surface area contributed by atoms with Gasteiger partial charge in [0.1, 0.15) is 23.2 Å². The second-order valence-corrected chi connectivity index (χ2v) is 7.86. The van der Waals surface area contributed by atoms with Gasteiger partial charge >= 0.3 is 11.4 Å². The fourth-order valence-corrected chi connectivity index (χ4v) is 3.44. The standard InChI is InChI=1S/C22H21N7O8/c1-12(23-24-22(30)15(4)26-14(3)21(29(35)36)13(2)25-26)16-5-8-18(9-6-16)37-20-10-7-17(27(31)32)11-19(20)28(33)34/h5-11,15H,1-4H3,(H,24,30)/b23-12+. The molecule has 1 unspecified atom stereocenters. The highest BCUT2D eigenvalue weighted by molar-refractivity contribution is 5.99. The maximum atomic E-state index is 12.6. The van der Waals surface area contributed by atoms with Crippen molar-refractivity contribution in [3.8, 4) is 11.5 Å². The first kappa shape index (κ1) is 26.4. The number of carbonyl (C=O) groups is 1. The van der Waals surface area contributed by atoms with E-state index in [1.807, 2.05) is 0 Å². The second kappa shape index (κ2) is 10.6. The number of non-ortho nitro benzene ring substituents is 1. The Kier molecular flexibility index (Phi) is 7.56. The van der Waals surface area contributed by atoms with Gasteiger partial charge in [0.25, 0.3) is 11.6 Å². The van der Waals surface area contributed by atoms with Gasteiger partial charge in [0.2, 0.25) is 5.75 Å². The van der Waals surface area contributed by atoms with E-state index in [-0.39, 0.29) is 28.6 Å². The molecule has 1 amide bonds. The highest BCUT2D eigenvalue weighted by atomic mass is 16.6. The number of carbonyl (C=O) groups excluding carboxylic acids is 1. The summed E-state index contributed by atoms with van der Waals surface area (Å²) in [5.74, 6) is -0.470. The van der Waals surface area contributed by atoms with Crippen LogP contribution in [0.3, 0.4) is 0 Å². The minimum atomic E-state index is -0.864. The van der Waals surface area contributed by atoms with E-state index in [4.69, 9.17) is 4.74 Å². The predicted molar refractivity (Wildman–Crippen MR) is 130 cm³/mol. The van der Waals surface area contributed by atoms with E-state index in [0.717, 1.165) is 18.2 Å². The number of nitro groups is 3. The Morgan fingerprint density at radius 2 is 1.68 bits per heavy atom. The number of hydrogen-bond donors (Lipinski definition) is 1. The van der Waals surface area contributed by atoms with Gasteiger partial charge in [0.05, 0.1) is 26.5 Å². The molecule has 3 aromatic rings. The number of hydrazone groups is 1. The summed E-state index contributed by atoms with van der Waals surface area (Å²) in [6.07, 6.45) is 0. The van der Waals surface area contributed by atoms with Gasteiger partial charge in [-0.3, -0.25) is 39.8 Å². The lowest BCUT2D eigenvalue weighted by atomic mass is 10.1. The number of rotatable bonds is 9. The second-order valence-electron chi connectivity index (χ2n) is 7.86. The van der Waals surface area contributed by atoms with Gasteiger partial charge < -0.3 is 4.74 Å². The summed E-state index contributed by atoms with van der Waals surface area (Å²) in [5, 5.41) is 41.5. The SMILES string of the molecule is C/C(=N\NC(=O)C(C)n1nc(C)c([N+](=O)[O-])c1C)c1ccc(Oc2ccc([N+](=O)[O-])cc2[N+](=O)[O-])cc1. The highest BCUT2D eigenvalue weighted by Crippen LogP contribution is 2.34. The van der Waals surface area contributed by atoms with Gasteiger partial charge in [0.15, 0.2) is 0 Å². The molecule has 15 heteroatoms. The first-order chi connectivity index (χ1) is 17.4. The van der Waals surface area contributed by atoms with Gasteiger partial charge in [-0.2, -0.15) is 10.2 Å². The van der Waals surface area contributed by atoms with Crippen LogP contribution < -0.4 is 10.2 Å². The van der Waals surface area contributed by atoms with Gasteiger partial charge in [-0.1, -0.05) is 0 Å². The zero-order chi connectivity index (χ0) is 27.4. The monoisotopic (exact) mass is 511 g/mol. The van der Waals surface area contributed by atoms with Crippen molar-refractivity contribution in [1.29, 1.82) is 0 Å². The molecule has 15 nitrogen and oxygen atoms in total. The number of benzene rings is 2. The molecule has 0 saturated heterocycles. The molecule has 2 aromatic carbocycles. The fraction of sp³-hybridized carbons (Fsp3) is 0.227. The van der Waals surface area contributed by atoms with Crippen LogP contribution in [0.1, 0.15) is 36.8 Å². The summed E-state index contributed by atoms with van der Waals surface area (Å²) < 4.78 is 6.79. The minimum Gasteiger partial charge on any atom is -0.450 e. The Hall–Kier alpha value is -5.21. The summed E-state index contributed by atoms with van der Waals surface area (Å²) >= 11 is 0. The van der Waals surface area contributed by atoms with E-state index in [2.05, 4.69) is 15.6 Å². The smallest absolute Gasteiger partial charge is 0.318 e. The van der Waals surface area contributed by atoms with E-state index in [9.17, 15) is 35.1 Å². The molecule has 1 heterocycles. The molecule has 0 saturated carbocycles. The number of nitrogens with one attached hydrogen (secondary N) is 1. The third-order valence-corrected chi connectivity index (χ3v) is 5.40. The van der Waals surface area contributed by atoms with Gasteiger partial charge in [-0.15, -0.1) is 0 Å². The lowest BCUT2D eigenvalue weighted by molar-refractivity contribution is -0.394. The maximum Gasteiger partial charge on any atom is 0.318 e. The zero-order valence-corrected chi connectivity index (χ0v) is 20.1. The molecular formula is C22H21N7O8. The normalized spacial score (nSPS) is 12.1. The molecule has 1 atom stereocenters. The first-order valence-electron chi connectivity index (χ1n) is 10.7. The van der Waals surface area contributed by atoms with E-state index < -0.39 is 38.1 Å². The summed E-state index contributed by atoms with van der Waals surface area (Å²) in [5.41, 5.74) is 2.73. The Bertz CT molecular complexity index is 1430. The third kappa shape index (κ3) is 5.72. The van der Waals surface area contributed by atoms with E-state index in [0.29, 0.717) is 11.3 Å². The number of ether oxygens (including phenoxy) is 1. The number of nitrogens with zero attached hydrogens (tertiary/aromatic N) is 6. The summed E-state index contributed by atoms with van der Waals surface area (Å²) in [7, 11) is 0. The molecule has 0 bridgehead atoms. The molecular weight excluding hydrogens is 490 g/mol. The van der Waals surface area contributed by atoms with Crippen LogP contribution in [0.2, 0.25) is 0 Å². The molecule has 0 aliphatic carbocycles. The van der Waals surface area contributed by atoms with Crippen LogP contribution >= 0.6 is 0 Å². The Morgan fingerprint density at radius 1 is 1.03 bits per heavy atom. The fourth-order valence-electron chi connectivity index (χ4n) is 3.44. The van der Waals surface area contributed by atoms with Gasteiger partial charge in [0, 0.05) is 6.07 Å². The largest absolute Gasteiger partial charge is 0.450 e. The van der Waals surface area contributed by atoms with E-state index >= 15 is 0 Å². The van der Waals surface area contributed by atoms with Gasteiger partial charge in [-0.05, 0) is 63.6 Å². The average Bonchev–Trinajstić information content (AvgIpc) is 3.15. The Morgan fingerprint density at radius 3 is 2.22 bits per heavy atom. The maximum absolute atomic E-state index is 12.6. The van der Waals surface area contributed by atoms with Crippen LogP contribution in [0.4, 0.5) is 17.1 Å². The van der Waals surface area contributed by atoms with Crippen molar-refractivity contribution in [2.75, 3.05) is 0 Å². The van der Waals surface area contributed by atoms with E-state index in [1.165, 1.54) is 37.6 Å². The summed E-state index contributed by atoms with van der Waals surface area (Å²) in [4.78, 5) is 43.9. The van der Waals surface area contributed by atoms with Crippen molar-refractivity contribution < 1.29 is 24.3 Å². The number of aromatic nitrogens is 2. The molecule has 0 spiro atoms. The van der Waals surface area contributed by atoms with Crippen molar-refractivity contribution in [1.82, 2.24) is 15.2 Å². The molecule has 0 radical (unpaired) electrons. The van der Waals surface area contributed by atoms with Crippen LogP contribution in [0.5, 0.6) is 11.5 Å². The third-order valence-electron chi connectivity index (χ3n) is 5.40. The minimum absolute atomic E-state index is 0.152. The molecule has 0 aliphatic heterocycles. The molecule has 0 aliphatic rings. The number of nitro benzene ring substituents is 2. The topological polar surface area (TPSA) is 198 Å².